The summed E-state index contributed by atoms with van der Waals surface area (Å²) in [6.45, 7) is -4.96. The summed E-state index contributed by atoms with van der Waals surface area (Å²) in [4.78, 5) is 194. The average Bonchev–Trinajstić information content (AvgIpc) is 0.966. The van der Waals surface area contributed by atoms with Crippen molar-refractivity contribution in [2.24, 2.45) is 11.5 Å². The average molecular weight is 1290 g/mol. The molecule has 6 aromatic heterocycles. The number of anilines is 2. The van der Waals surface area contributed by atoms with E-state index in [2.05, 4.69) is 55.8 Å². The number of nitrogens with one attached hydrogen (secondary N) is 5. The Kier molecular flexibility index (Phi) is 19.4. The molecule has 486 valence electrons. The van der Waals surface area contributed by atoms with Crippen LogP contribution in [-0.4, -0.2) is 204 Å². The summed E-state index contributed by atoms with van der Waals surface area (Å²) in [7, 11) is 0. The molecule has 4 aromatic carbocycles. The fourth-order valence-electron chi connectivity index (χ4n) is 10.7. The molecule has 8 amide bonds. The van der Waals surface area contributed by atoms with Crippen molar-refractivity contribution < 1.29 is 38.4 Å². The van der Waals surface area contributed by atoms with E-state index in [1.54, 1.807) is 6.07 Å². The lowest BCUT2D eigenvalue weighted by molar-refractivity contribution is -0.138. The number of imidazole rings is 2. The van der Waals surface area contributed by atoms with Crippen molar-refractivity contribution in [3.8, 4) is 11.1 Å². The number of benzene rings is 4. The first-order valence-electron chi connectivity index (χ1n) is 29.2. The van der Waals surface area contributed by atoms with Crippen LogP contribution in [0.1, 0.15) is 5.56 Å². The fraction of sp³-hybridized carbons (Fsp3) is 0.288. The topological polar surface area (TPSA) is 487 Å². The smallest absolute Gasteiger partial charge is 0.328 e. The Morgan fingerprint density at radius 1 is 0.489 bits per heavy atom. The van der Waals surface area contributed by atoms with Gasteiger partial charge in [-0.2, -0.15) is 0 Å². The number of nitrogens with two attached hydrogens (primary N) is 4. The number of aromatic nitrogens is 12. The Balaban J connectivity index is 0.846. The Morgan fingerprint density at radius 3 is 1.40 bits per heavy atom. The second-order valence-electron chi connectivity index (χ2n) is 21.8. The number of amides is 8. The van der Waals surface area contributed by atoms with Crippen LogP contribution in [0.5, 0.6) is 0 Å². The van der Waals surface area contributed by atoms with Crippen LogP contribution in [0.2, 0.25) is 0 Å². The zero-order valence-electron chi connectivity index (χ0n) is 50.4. The summed E-state index contributed by atoms with van der Waals surface area (Å²) in [5, 5.41) is 13.3. The summed E-state index contributed by atoms with van der Waals surface area (Å²) >= 11 is 0. The van der Waals surface area contributed by atoms with Crippen LogP contribution in [0.15, 0.2) is 111 Å². The zero-order valence-corrected chi connectivity index (χ0v) is 50.4. The molecule has 0 saturated heterocycles. The van der Waals surface area contributed by atoms with E-state index < -0.39 is 122 Å². The van der Waals surface area contributed by atoms with Crippen molar-refractivity contribution in [3.05, 3.63) is 140 Å². The molecule has 10 aromatic rings. The number of hydrogen-bond acceptors (Lipinski definition) is 21. The van der Waals surface area contributed by atoms with E-state index in [4.69, 9.17) is 22.9 Å². The van der Waals surface area contributed by atoms with Gasteiger partial charge in [-0.25, -0.2) is 39.5 Å². The van der Waals surface area contributed by atoms with Gasteiger partial charge in [0.15, 0.2) is 22.9 Å². The Hall–Kier alpha value is -12.3. The zero-order chi connectivity index (χ0) is 66.9. The fourth-order valence-corrected chi connectivity index (χ4v) is 10.7. The standard InChI is InChI=1S/C59H63N23O12/c1-33-19-79(58(93)73-56(33)91)25-44(87)76(21-40(61)83)16-12-64-42(85)23-77(45(88)26-80-20-39(57(92)74-59(80)94)37-9-7-36-6-5-34-3-2-4-35-8-10-38(37)49(36)48(34)35)17-13-66-43(86)24-78(47(90)28-82-32-72-51-53(63)68-30-70-55(51)82)18-14-65-41(84)22-75(15-11-60)46(89)27-81-31-71-50-52(62)67-29-69-54(50)81/h2-10,19-20,29-32H,11-18,21-28,60H2,1H3,(H2,61,83)(H,64,85)(H,65,84)(H,66,86)(H2,62,67,69)(H2,63,68,70)(H,73,91,93)(H,74,92,94). The van der Waals surface area contributed by atoms with E-state index in [0.717, 1.165) is 57.0 Å². The first-order chi connectivity index (χ1) is 45.1. The van der Waals surface area contributed by atoms with E-state index in [1.807, 2.05) is 48.5 Å². The number of fused-ring (bicyclic) bond motifs is 2. The summed E-state index contributed by atoms with van der Waals surface area (Å²) < 4.78 is 4.71. The van der Waals surface area contributed by atoms with Gasteiger partial charge in [0, 0.05) is 70.3 Å². The molecule has 94 heavy (non-hydrogen) atoms. The van der Waals surface area contributed by atoms with Gasteiger partial charge < -0.3 is 67.6 Å². The van der Waals surface area contributed by atoms with Crippen LogP contribution >= 0.6 is 0 Å². The summed E-state index contributed by atoms with van der Waals surface area (Å²) in [5.74, 6) is -5.79. The lowest BCUT2D eigenvalue weighted by atomic mass is 9.90. The van der Waals surface area contributed by atoms with Gasteiger partial charge in [-0.15, -0.1) is 0 Å². The molecule has 35 heteroatoms. The molecule has 0 aliphatic rings. The number of H-pyrrole nitrogens is 2. The Labute approximate surface area is 529 Å². The maximum atomic E-state index is 14.5. The Bertz CT molecular complexity index is 4840. The highest BCUT2D eigenvalue weighted by Gasteiger charge is 2.26. The molecule has 6 heterocycles. The molecule has 0 aliphatic heterocycles. The first-order valence-corrected chi connectivity index (χ1v) is 29.2. The van der Waals surface area contributed by atoms with Crippen molar-refractivity contribution in [1.82, 2.24) is 93.7 Å². The quantitative estimate of drug-likeness (QED) is 0.0211. The third-order valence-corrected chi connectivity index (χ3v) is 15.4. The third kappa shape index (κ3) is 14.6. The van der Waals surface area contributed by atoms with Crippen LogP contribution in [-0.2, 0) is 64.5 Å². The van der Waals surface area contributed by atoms with Gasteiger partial charge in [0.05, 0.1) is 44.4 Å². The van der Waals surface area contributed by atoms with Gasteiger partial charge in [-0.05, 0) is 44.8 Å². The van der Waals surface area contributed by atoms with E-state index in [1.165, 1.54) is 52.5 Å². The minimum Gasteiger partial charge on any atom is -0.382 e. The number of primary amides is 1. The normalized spacial score (nSPS) is 11.3. The van der Waals surface area contributed by atoms with Crippen molar-refractivity contribution in [2.45, 2.75) is 33.1 Å². The summed E-state index contributed by atoms with van der Waals surface area (Å²) in [6, 6.07) is 17.2. The molecule has 0 fully saturated rings. The van der Waals surface area contributed by atoms with Crippen LogP contribution in [0.3, 0.4) is 0 Å². The first kappa shape index (κ1) is 64.7. The molecule has 0 radical (unpaired) electrons. The number of carbonyl (C=O) groups is 8. The highest BCUT2D eigenvalue weighted by Crippen LogP contribution is 2.38. The van der Waals surface area contributed by atoms with Crippen LogP contribution in [0.25, 0.3) is 65.8 Å². The molecule has 13 N–H and O–H groups in total. The molecule has 0 atom stereocenters. The number of nitrogen functional groups attached to an aromatic ring is 2. The van der Waals surface area contributed by atoms with Crippen molar-refractivity contribution in [2.75, 3.05) is 90.0 Å². The largest absolute Gasteiger partial charge is 0.382 e. The van der Waals surface area contributed by atoms with E-state index in [0.29, 0.717) is 16.6 Å². The van der Waals surface area contributed by atoms with Gasteiger partial charge >= 0.3 is 11.4 Å². The molecule has 10 rings (SSSR count). The molecule has 0 aliphatic carbocycles. The highest BCUT2D eigenvalue weighted by atomic mass is 16.2. The second kappa shape index (κ2) is 28.3. The molecule has 0 spiro atoms. The molecule has 0 bridgehead atoms. The SMILES string of the molecule is Cc1cn(CC(=O)N(CCNC(=O)CN(CCNC(=O)CN(CCNC(=O)CN(CCN)C(=O)Cn2cnc3c(N)ncnc32)C(=O)Cn2cnc3c(N)ncnc32)C(=O)Cn2cc(-c3ccc4ccc5cccc6ccc3c4c56)c(=O)[nH]c2=O)CC(N)=O)c(=O)[nH]c1=O. The number of nitrogens with zero attached hydrogens (tertiary/aromatic N) is 14. The van der Waals surface area contributed by atoms with Gasteiger partial charge in [0.1, 0.15) is 49.9 Å². The highest BCUT2D eigenvalue weighted by molar-refractivity contribution is 6.25. The van der Waals surface area contributed by atoms with Gasteiger partial charge in [-0.1, -0.05) is 54.6 Å². The number of aryl methyl sites for hydroxylation is 1. The number of aromatic amines is 2. The lowest BCUT2D eigenvalue weighted by Gasteiger charge is -2.25. The minimum atomic E-state index is -0.959. The predicted octanol–water partition coefficient (Wildman–Crippen LogP) is -4.09. The second-order valence-corrected chi connectivity index (χ2v) is 21.8. The predicted molar refractivity (Wildman–Crippen MR) is 340 cm³/mol. The van der Waals surface area contributed by atoms with Crippen LogP contribution in [0.4, 0.5) is 11.6 Å². The van der Waals surface area contributed by atoms with E-state index in [9.17, 15) is 57.5 Å². The maximum absolute atomic E-state index is 14.5. The van der Waals surface area contributed by atoms with Gasteiger partial charge in [0.25, 0.3) is 11.1 Å². The molecular weight excluding hydrogens is 1220 g/mol. The van der Waals surface area contributed by atoms with Gasteiger partial charge in [0.2, 0.25) is 47.3 Å². The molecule has 35 nitrogen and oxygen atoms in total. The summed E-state index contributed by atoms with van der Waals surface area (Å²) in [5.41, 5.74) is 21.5. The van der Waals surface area contributed by atoms with Crippen molar-refractivity contribution >= 4 is 114 Å². The molecule has 0 unspecified atom stereocenters. The minimum absolute atomic E-state index is 0.00484. The third-order valence-electron chi connectivity index (χ3n) is 15.4. The van der Waals surface area contributed by atoms with Gasteiger partial charge in [-0.3, -0.25) is 67.0 Å². The summed E-state index contributed by atoms with van der Waals surface area (Å²) in [6.07, 6.45) is 7.47. The number of rotatable bonds is 28. The molecule has 0 saturated carbocycles. The molecular formula is C59H63N23O12. The van der Waals surface area contributed by atoms with Crippen molar-refractivity contribution in [3.63, 3.8) is 0 Å². The monoisotopic (exact) mass is 1290 g/mol. The van der Waals surface area contributed by atoms with E-state index in [-0.39, 0.29) is 91.8 Å². The Morgan fingerprint density at radius 2 is 0.915 bits per heavy atom. The van der Waals surface area contributed by atoms with E-state index >= 15 is 0 Å². The van der Waals surface area contributed by atoms with Crippen LogP contribution < -0.4 is 61.4 Å². The number of hydrogen-bond donors (Lipinski definition) is 9. The maximum Gasteiger partial charge on any atom is 0.328 e. The number of carbonyl (C=O) groups excluding carboxylic acids is 8. The van der Waals surface area contributed by atoms with Crippen LogP contribution in [0, 0.1) is 6.92 Å². The lowest BCUT2D eigenvalue weighted by Crippen LogP contribution is -2.50. The van der Waals surface area contributed by atoms with Crippen molar-refractivity contribution in [1.29, 1.82) is 0 Å².